The van der Waals surface area contributed by atoms with Gasteiger partial charge in [-0.25, -0.2) is 0 Å². The van der Waals surface area contributed by atoms with Crippen molar-refractivity contribution in [3.8, 4) is 0 Å². The third kappa shape index (κ3) is 3.35. The summed E-state index contributed by atoms with van der Waals surface area (Å²) in [6.07, 6.45) is -0.848. The van der Waals surface area contributed by atoms with Crippen molar-refractivity contribution in [2.75, 3.05) is 6.54 Å². The van der Waals surface area contributed by atoms with Crippen molar-refractivity contribution < 1.29 is 14.7 Å². The highest BCUT2D eigenvalue weighted by atomic mass is 35.5. The molecular weight excluding hydrogens is 304 g/mol. The Morgan fingerprint density at radius 1 is 1.41 bits per heavy atom. The Balaban J connectivity index is 2.16. The maximum absolute atomic E-state index is 12.6. The lowest BCUT2D eigenvalue weighted by atomic mass is 10.0. The second-order valence-electron chi connectivity index (χ2n) is 6.46. The number of halogens is 1. The molecule has 120 valence electrons. The zero-order chi connectivity index (χ0) is 16.5. The largest absolute Gasteiger partial charge is 0.530 e. The number of rotatable bonds is 3. The molecule has 0 unspecified atom stereocenters. The van der Waals surface area contributed by atoms with Crippen molar-refractivity contribution in [1.29, 1.82) is 0 Å². The predicted octanol–water partition coefficient (Wildman–Crippen LogP) is 1.88. The van der Waals surface area contributed by atoms with Crippen LogP contribution in [-0.2, 0) is 11.3 Å². The topological polar surface area (TPSA) is 63.7 Å². The van der Waals surface area contributed by atoms with Crippen molar-refractivity contribution in [1.82, 2.24) is 9.80 Å². The van der Waals surface area contributed by atoms with Crippen LogP contribution in [0, 0.1) is 0 Å². The van der Waals surface area contributed by atoms with Crippen molar-refractivity contribution in [3.63, 3.8) is 0 Å². The molecule has 1 aromatic carbocycles. The molecule has 0 spiro atoms. The van der Waals surface area contributed by atoms with Crippen LogP contribution in [0.15, 0.2) is 24.3 Å². The second kappa shape index (κ2) is 6.16. The quantitative estimate of drug-likeness (QED) is 0.853. The second-order valence-corrected chi connectivity index (χ2v) is 6.87. The van der Waals surface area contributed by atoms with E-state index in [4.69, 9.17) is 11.6 Å². The predicted molar refractivity (Wildman–Crippen MR) is 82.3 cm³/mol. The molecule has 1 saturated heterocycles. The molecule has 0 aliphatic carbocycles. The minimum absolute atomic E-state index is 0.195. The number of nitrogens with zero attached hydrogens (tertiary/aromatic N) is 2. The Hall–Kier alpha value is -1.75. The summed E-state index contributed by atoms with van der Waals surface area (Å²) in [6.45, 7) is 6.17. The number of likely N-dealkylation sites (tertiary alicyclic amines) is 1. The van der Waals surface area contributed by atoms with Crippen molar-refractivity contribution >= 4 is 23.6 Å². The summed E-state index contributed by atoms with van der Waals surface area (Å²) in [5.41, 5.74) is 0.174. The maximum atomic E-state index is 12.6. The fourth-order valence-electron chi connectivity index (χ4n) is 2.82. The van der Waals surface area contributed by atoms with E-state index in [-0.39, 0.29) is 5.91 Å². The number of carbonyl (C=O) groups is 2. The summed E-state index contributed by atoms with van der Waals surface area (Å²) in [5.74, 6) is -0.195. The highest BCUT2D eigenvalue weighted by Gasteiger charge is 2.40. The molecule has 0 aromatic heterocycles. The first-order valence-electron chi connectivity index (χ1n) is 7.24. The zero-order valence-corrected chi connectivity index (χ0v) is 13.8. The van der Waals surface area contributed by atoms with Crippen LogP contribution in [0.25, 0.3) is 0 Å². The fraction of sp³-hybridized carbons (Fsp3) is 0.500. The lowest BCUT2D eigenvalue weighted by molar-refractivity contribution is -0.272. The first-order valence-corrected chi connectivity index (χ1v) is 7.62. The lowest BCUT2D eigenvalue weighted by Gasteiger charge is -2.41. The van der Waals surface area contributed by atoms with Crippen LogP contribution < -0.4 is 5.11 Å². The van der Waals surface area contributed by atoms with Gasteiger partial charge in [0.05, 0.1) is 0 Å². The van der Waals surface area contributed by atoms with E-state index in [0.717, 1.165) is 10.5 Å². The standard InChI is InChI=1S/C16H21ClN2O3/c1-16(2,3)19(15(21)22)13-8-9-18(14(13)20)10-11-6-4-5-7-12(11)17/h4-7,13H,8-10H2,1-3H3,(H,21,22)/p-1/t13-/m0/s1. The normalized spacial score (nSPS) is 18.6. The number of hydrogen-bond donors (Lipinski definition) is 0. The van der Waals surface area contributed by atoms with Gasteiger partial charge in [0.25, 0.3) is 0 Å². The summed E-state index contributed by atoms with van der Waals surface area (Å²) in [5, 5.41) is 12.0. The minimum Gasteiger partial charge on any atom is -0.530 e. The van der Waals surface area contributed by atoms with Gasteiger partial charge in [0.2, 0.25) is 5.91 Å². The summed E-state index contributed by atoms with van der Waals surface area (Å²) in [4.78, 5) is 26.8. The molecule has 1 aliphatic heterocycles. The Morgan fingerprint density at radius 3 is 2.59 bits per heavy atom. The average Bonchev–Trinajstić information content (AvgIpc) is 2.73. The Labute approximate surface area is 135 Å². The van der Waals surface area contributed by atoms with E-state index in [1.54, 1.807) is 31.7 Å². The molecule has 1 atom stereocenters. The zero-order valence-electron chi connectivity index (χ0n) is 13.0. The van der Waals surface area contributed by atoms with Crippen LogP contribution in [-0.4, -0.2) is 39.9 Å². The van der Waals surface area contributed by atoms with Gasteiger partial charge in [-0.3, -0.25) is 4.79 Å². The van der Waals surface area contributed by atoms with Gasteiger partial charge in [-0.15, -0.1) is 0 Å². The van der Waals surface area contributed by atoms with E-state index in [2.05, 4.69) is 0 Å². The third-order valence-electron chi connectivity index (χ3n) is 3.82. The molecule has 0 N–H and O–H groups in total. The first kappa shape index (κ1) is 16.6. The highest BCUT2D eigenvalue weighted by molar-refractivity contribution is 6.31. The van der Waals surface area contributed by atoms with E-state index >= 15 is 0 Å². The monoisotopic (exact) mass is 323 g/mol. The summed E-state index contributed by atoms with van der Waals surface area (Å²) < 4.78 is 0. The maximum Gasteiger partial charge on any atom is 0.245 e. The molecule has 1 aliphatic rings. The third-order valence-corrected chi connectivity index (χ3v) is 4.19. The summed E-state index contributed by atoms with van der Waals surface area (Å²) >= 11 is 6.12. The van der Waals surface area contributed by atoms with E-state index in [1.165, 1.54) is 0 Å². The van der Waals surface area contributed by atoms with Gasteiger partial charge in [-0.1, -0.05) is 29.8 Å². The highest BCUT2D eigenvalue weighted by Crippen LogP contribution is 2.27. The van der Waals surface area contributed by atoms with E-state index in [9.17, 15) is 14.7 Å². The minimum atomic E-state index is -1.31. The van der Waals surface area contributed by atoms with Crippen LogP contribution in [0.3, 0.4) is 0 Å². The van der Waals surface area contributed by atoms with Gasteiger partial charge in [0.1, 0.15) is 12.1 Å². The van der Waals surface area contributed by atoms with Gasteiger partial charge < -0.3 is 19.7 Å². The van der Waals surface area contributed by atoms with Crippen molar-refractivity contribution in [2.24, 2.45) is 0 Å². The van der Waals surface area contributed by atoms with Gasteiger partial charge in [-0.2, -0.15) is 0 Å². The molecule has 1 fully saturated rings. The molecular formula is C16H20ClN2O3-. The lowest BCUT2D eigenvalue weighted by Crippen LogP contribution is -2.58. The van der Waals surface area contributed by atoms with E-state index in [1.807, 2.05) is 18.2 Å². The average molecular weight is 324 g/mol. The molecule has 22 heavy (non-hydrogen) atoms. The van der Waals surface area contributed by atoms with Crippen LogP contribution in [0.4, 0.5) is 4.79 Å². The molecule has 0 radical (unpaired) electrons. The Kier molecular flexibility index (Phi) is 4.66. The van der Waals surface area contributed by atoms with Crippen LogP contribution in [0.5, 0.6) is 0 Å². The van der Waals surface area contributed by atoms with Crippen molar-refractivity contribution in [3.05, 3.63) is 34.9 Å². The molecule has 6 heteroatoms. The van der Waals surface area contributed by atoms with Gasteiger partial charge in [0.15, 0.2) is 0 Å². The van der Waals surface area contributed by atoms with Gasteiger partial charge in [0, 0.05) is 23.7 Å². The summed E-state index contributed by atoms with van der Waals surface area (Å²) in [6, 6.07) is 6.65. The fourth-order valence-corrected chi connectivity index (χ4v) is 3.02. The van der Waals surface area contributed by atoms with Gasteiger partial charge >= 0.3 is 0 Å². The molecule has 0 bridgehead atoms. The number of hydrogen-bond acceptors (Lipinski definition) is 3. The van der Waals surface area contributed by atoms with Gasteiger partial charge in [-0.05, 0) is 38.8 Å². The van der Waals surface area contributed by atoms with E-state index in [0.29, 0.717) is 24.5 Å². The van der Waals surface area contributed by atoms with E-state index < -0.39 is 17.7 Å². The number of benzene rings is 1. The van der Waals surface area contributed by atoms with Crippen LogP contribution in [0.1, 0.15) is 32.8 Å². The number of amides is 2. The number of carbonyl (C=O) groups excluding carboxylic acids is 2. The van der Waals surface area contributed by atoms with Crippen LogP contribution in [0.2, 0.25) is 5.02 Å². The summed E-state index contributed by atoms with van der Waals surface area (Å²) in [7, 11) is 0. The SMILES string of the molecule is CC(C)(C)N(C(=O)[O-])[C@H]1CCN(Cc2ccccc2Cl)C1=O. The smallest absolute Gasteiger partial charge is 0.245 e. The molecule has 2 amide bonds. The molecule has 1 heterocycles. The Bertz CT molecular complexity index is 583. The Morgan fingerprint density at radius 2 is 2.05 bits per heavy atom. The molecule has 0 saturated carbocycles. The molecule has 1 aromatic rings. The molecule has 5 nitrogen and oxygen atoms in total. The molecule has 2 rings (SSSR count). The van der Waals surface area contributed by atoms with Crippen LogP contribution >= 0.6 is 11.6 Å². The first-order chi connectivity index (χ1) is 10.2. The number of carboxylic acid groups (broad SMARTS) is 1. The van der Waals surface area contributed by atoms with Crippen molar-refractivity contribution in [2.45, 2.75) is 45.3 Å².